The number of rotatable bonds is 7. The first kappa shape index (κ1) is 14.4. The smallest absolute Gasteiger partial charge is 0.124 e. The molecule has 2 aromatic rings. The molecule has 0 heterocycles. The molecule has 1 unspecified atom stereocenters. The van der Waals surface area contributed by atoms with E-state index in [-0.39, 0.29) is 6.04 Å². The fraction of sp³-hybridized carbons (Fsp3) is 0.294. The molecule has 0 radical (unpaired) electrons. The van der Waals surface area contributed by atoms with Crippen LogP contribution >= 0.6 is 0 Å². The molecule has 0 fully saturated rings. The third-order valence-corrected chi connectivity index (χ3v) is 3.10. The van der Waals surface area contributed by atoms with E-state index in [9.17, 15) is 0 Å². The minimum Gasteiger partial charge on any atom is -0.494 e. The van der Waals surface area contributed by atoms with Crippen molar-refractivity contribution in [2.75, 3.05) is 20.3 Å². The molecule has 2 aromatic carbocycles. The number of hydrogen-bond donors (Lipinski definition) is 1. The number of ether oxygens (including phenoxy) is 2. The molecular weight excluding hydrogens is 250 g/mol. The second-order valence-electron chi connectivity index (χ2n) is 4.44. The largest absolute Gasteiger partial charge is 0.494 e. The summed E-state index contributed by atoms with van der Waals surface area (Å²) in [6.07, 6.45) is 0. The highest BCUT2D eigenvalue weighted by molar-refractivity contribution is 5.36. The van der Waals surface area contributed by atoms with E-state index in [1.807, 2.05) is 62.5 Å². The Balaban J connectivity index is 2.08. The Morgan fingerprint density at radius 1 is 0.950 bits per heavy atom. The average Bonchev–Trinajstić information content (AvgIpc) is 2.51. The summed E-state index contributed by atoms with van der Waals surface area (Å²) >= 11 is 0. The number of nitrogens with one attached hydrogen (secondary N) is 1. The highest BCUT2D eigenvalue weighted by Gasteiger charge is 2.14. The highest BCUT2D eigenvalue weighted by atomic mass is 16.5. The summed E-state index contributed by atoms with van der Waals surface area (Å²) < 4.78 is 11.5. The molecule has 1 N–H and O–H groups in total. The number of likely N-dealkylation sites (N-methyl/N-ethyl adjacent to an activating group) is 1. The topological polar surface area (TPSA) is 30.5 Å². The van der Waals surface area contributed by atoms with E-state index in [2.05, 4.69) is 11.4 Å². The van der Waals surface area contributed by atoms with Gasteiger partial charge in [0.25, 0.3) is 0 Å². The van der Waals surface area contributed by atoms with E-state index < -0.39 is 0 Å². The summed E-state index contributed by atoms with van der Waals surface area (Å²) in [7, 11) is 1.93. The summed E-state index contributed by atoms with van der Waals surface area (Å²) in [5.41, 5.74) is 1.12. The van der Waals surface area contributed by atoms with Crippen molar-refractivity contribution in [1.29, 1.82) is 0 Å². The maximum atomic E-state index is 5.83. The second kappa shape index (κ2) is 7.56. The van der Waals surface area contributed by atoms with Crippen LogP contribution < -0.4 is 14.8 Å². The van der Waals surface area contributed by atoms with Crippen molar-refractivity contribution < 1.29 is 9.47 Å². The van der Waals surface area contributed by atoms with Crippen molar-refractivity contribution in [1.82, 2.24) is 5.32 Å². The molecule has 0 aromatic heterocycles. The minimum atomic E-state index is 0.0953. The van der Waals surface area contributed by atoms with Gasteiger partial charge in [0.05, 0.1) is 12.6 Å². The van der Waals surface area contributed by atoms with Gasteiger partial charge in [-0.15, -0.1) is 0 Å². The Morgan fingerprint density at radius 2 is 1.65 bits per heavy atom. The second-order valence-corrected chi connectivity index (χ2v) is 4.44. The van der Waals surface area contributed by atoms with Crippen LogP contribution in [0.25, 0.3) is 0 Å². The Bertz CT molecular complexity index is 513. The van der Waals surface area contributed by atoms with Gasteiger partial charge < -0.3 is 14.8 Å². The zero-order valence-electron chi connectivity index (χ0n) is 12.0. The van der Waals surface area contributed by atoms with Crippen LogP contribution in [-0.2, 0) is 0 Å². The number of para-hydroxylation sites is 2. The number of hydrogen-bond acceptors (Lipinski definition) is 3. The van der Waals surface area contributed by atoms with E-state index in [1.165, 1.54) is 0 Å². The Kier molecular flexibility index (Phi) is 5.44. The van der Waals surface area contributed by atoms with Crippen LogP contribution in [0.3, 0.4) is 0 Å². The molecule has 0 aliphatic rings. The van der Waals surface area contributed by atoms with E-state index in [1.54, 1.807) is 0 Å². The lowest BCUT2D eigenvalue weighted by molar-refractivity contribution is 0.265. The van der Waals surface area contributed by atoms with E-state index in [0.29, 0.717) is 13.2 Å². The van der Waals surface area contributed by atoms with Gasteiger partial charge in [0.2, 0.25) is 0 Å². The summed E-state index contributed by atoms with van der Waals surface area (Å²) in [6, 6.07) is 18.0. The quantitative estimate of drug-likeness (QED) is 0.837. The fourth-order valence-corrected chi connectivity index (χ4v) is 2.08. The van der Waals surface area contributed by atoms with E-state index >= 15 is 0 Å². The summed E-state index contributed by atoms with van der Waals surface area (Å²) in [5, 5.41) is 3.28. The summed E-state index contributed by atoms with van der Waals surface area (Å²) in [5.74, 6) is 1.78. The molecule has 3 heteroatoms. The lowest BCUT2D eigenvalue weighted by Gasteiger charge is -2.20. The monoisotopic (exact) mass is 271 g/mol. The zero-order chi connectivity index (χ0) is 14.2. The summed E-state index contributed by atoms with van der Waals surface area (Å²) in [4.78, 5) is 0. The van der Waals surface area contributed by atoms with Gasteiger partial charge in [-0.05, 0) is 32.2 Å². The first-order valence-corrected chi connectivity index (χ1v) is 6.92. The molecule has 1 atom stereocenters. The molecule has 0 bridgehead atoms. The van der Waals surface area contributed by atoms with Crippen LogP contribution in [0.5, 0.6) is 11.5 Å². The van der Waals surface area contributed by atoms with Crippen LogP contribution in [0.1, 0.15) is 18.5 Å². The van der Waals surface area contributed by atoms with Gasteiger partial charge in [-0.25, -0.2) is 0 Å². The molecule has 0 amide bonds. The normalized spacial score (nSPS) is 11.9. The maximum absolute atomic E-state index is 5.83. The predicted molar refractivity (Wildman–Crippen MR) is 81.3 cm³/mol. The van der Waals surface area contributed by atoms with Crippen LogP contribution in [0.2, 0.25) is 0 Å². The lowest BCUT2D eigenvalue weighted by Crippen LogP contribution is -2.24. The molecular formula is C17H21NO2. The first-order chi connectivity index (χ1) is 9.85. The lowest BCUT2D eigenvalue weighted by atomic mass is 10.1. The van der Waals surface area contributed by atoms with Crippen molar-refractivity contribution in [3.8, 4) is 11.5 Å². The first-order valence-electron chi connectivity index (χ1n) is 6.92. The molecule has 0 saturated heterocycles. The van der Waals surface area contributed by atoms with Gasteiger partial charge >= 0.3 is 0 Å². The van der Waals surface area contributed by atoms with E-state index in [4.69, 9.17) is 9.47 Å². The Labute approximate surface area is 120 Å². The third-order valence-electron chi connectivity index (χ3n) is 3.10. The molecule has 20 heavy (non-hydrogen) atoms. The maximum Gasteiger partial charge on any atom is 0.124 e. The Morgan fingerprint density at radius 3 is 2.35 bits per heavy atom. The zero-order valence-corrected chi connectivity index (χ0v) is 12.0. The van der Waals surface area contributed by atoms with Crippen LogP contribution in [0.4, 0.5) is 0 Å². The standard InChI is InChI=1S/C17H21NO2/c1-3-19-17-12-8-7-11-15(17)16(18-2)13-20-14-9-5-4-6-10-14/h4-12,16,18H,3,13H2,1-2H3. The number of benzene rings is 2. The summed E-state index contributed by atoms with van der Waals surface area (Å²) in [6.45, 7) is 3.21. The van der Waals surface area contributed by atoms with Gasteiger partial charge in [-0.1, -0.05) is 36.4 Å². The van der Waals surface area contributed by atoms with Gasteiger partial charge in [0, 0.05) is 5.56 Å². The van der Waals surface area contributed by atoms with Crippen molar-refractivity contribution >= 4 is 0 Å². The van der Waals surface area contributed by atoms with Gasteiger partial charge in [-0.2, -0.15) is 0 Å². The molecule has 2 rings (SSSR count). The van der Waals surface area contributed by atoms with Crippen LogP contribution in [-0.4, -0.2) is 20.3 Å². The van der Waals surface area contributed by atoms with Crippen molar-refractivity contribution in [3.05, 3.63) is 60.2 Å². The molecule has 0 aliphatic heterocycles. The van der Waals surface area contributed by atoms with E-state index in [0.717, 1.165) is 17.1 Å². The van der Waals surface area contributed by atoms with Crippen LogP contribution in [0, 0.1) is 0 Å². The molecule has 106 valence electrons. The third kappa shape index (κ3) is 3.75. The van der Waals surface area contributed by atoms with Crippen molar-refractivity contribution in [3.63, 3.8) is 0 Å². The molecule has 0 aliphatic carbocycles. The molecule has 3 nitrogen and oxygen atoms in total. The molecule has 0 spiro atoms. The highest BCUT2D eigenvalue weighted by Crippen LogP contribution is 2.25. The van der Waals surface area contributed by atoms with Crippen LogP contribution in [0.15, 0.2) is 54.6 Å². The molecule has 0 saturated carbocycles. The van der Waals surface area contributed by atoms with Gasteiger partial charge in [-0.3, -0.25) is 0 Å². The van der Waals surface area contributed by atoms with Gasteiger partial charge in [0.1, 0.15) is 18.1 Å². The Hall–Kier alpha value is -2.00. The van der Waals surface area contributed by atoms with Crippen molar-refractivity contribution in [2.24, 2.45) is 0 Å². The van der Waals surface area contributed by atoms with Gasteiger partial charge in [0.15, 0.2) is 0 Å². The fourth-order valence-electron chi connectivity index (χ4n) is 2.08. The predicted octanol–water partition coefficient (Wildman–Crippen LogP) is 3.42. The minimum absolute atomic E-state index is 0.0953. The van der Waals surface area contributed by atoms with Crippen molar-refractivity contribution in [2.45, 2.75) is 13.0 Å². The average molecular weight is 271 g/mol. The SMILES string of the molecule is CCOc1ccccc1C(COc1ccccc1)NC.